The van der Waals surface area contributed by atoms with E-state index in [0.717, 1.165) is 12.1 Å². The molecule has 0 aromatic heterocycles. The van der Waals surface area contributed by atoms with E-state index in [1.54, 1.807) is 0 Å². The Balaban J connectivity index is 1.83. The first-order valence-corrected chi connectivity index (χ1v) is 7.33. The van der Waals surface area contributed by atoms with Crippen LogP contribution in [0.1, 0.15) is 44.9 Å². The summed E-state index contributed by atoms with van der Waals surface area (Å²) in [6, 6.07) is 2.07. The number of hydrogen-bond donors (Lipinski definition) is 1. The van der Waals surface area contributed by atoms with E-state index in [1.807, 2.05) is 0 Å². The van der Waals surface area contributed by atoms with E-state index in [9.17, 15) is 0 Å². The van der Waals surface area contributed by atoms with Crippen LogP contribution >= 0.6 is 0 Å². The second kappa shape index (κ2) is 6.17. The molecule has 1 heterocycles. The summed E-state index contributed by atoms with van der Waals surface area (Å²) in [7, 11) is 4.60. The van der Waals surface area contributed by atoms with Crippen LogP contribution in [0.4, 0.5) is 0 Å². The number of nitrogens with two attached hydrogens (primary N) is 1. The normalized spacial score (nSPS) is 37.1. The molecule has 2 N–H and O–H groups in total. The highest BCUT2D eigenvalue weighted by Gasteiger charge is 2.27. The van der Waals surface area contributed by atoms with Crippen molar-refractivity contribution < 1.29 is 0 Å². The monoisotopic (exact) mass is 239 g/mol. The summed E-state index contributed by atoms with van der Waals surface area (Å²) in [5, 5.41) is 0. The van der Waals surface area contributed by atoms with Crippen molar-refractivity contribution in [2.24, 2.45) is 5.73 Å². The minimum absolute atomic E-state index is 0.472. The van der Waals surface area contributed by atoms with Crippen LogP contribution < -0.4 is 5.73 Å². The maximum Gasteiger partial charge on any atom is 0.0108 e. The number of nitrogens with zero attached hydrogens (tertiary/aromatic N) is 2. The van der Waals surface area contributed by atoms with Crippen molar-refractivity contribution >= 4 is 0 Å². The lowest BCUT2D eigenvalue weighted by Crippen LogP contribution is -2.44. The molecule has 2 aliphatic rings. The van der Waals surface area contributed by atoms with Crippen molar-refractivity contribution in [2.75, 3.05) is 27.2 Å². The first kappa shape index (κ1) is 13.3. The SMILES string of the molecule is CN1CCCC(N(C)C2CCC(N)CC2)CC1. The summed E-state index contributed by atoms with van der Waals surface area (Å²) < 4.78 is 0. The molecule has 17 heavy (non-hydrogen) atoms. The summed E-state index contributed by atoms with van der Waals surface area (Å²) in [6.45, 7) is 2.54. The molecule has 1 saturated carbocycles. The molecule has 0 radical (unpaired) electrons. The van der Waals surface area contributed by atoms with E-state index in [1.165, 1.54) is 58.0 Å². The molecule has 1 unspecified atom stereocenters. The molecular formula is C14H29N3. The standard InChI is InChI=1S/C14H29N3/c1-16-10-3-4-13(9-11-16)17(2)14-7-5-12(15)6-8-14/h12-14H,3-11,15H2,1-2H3. The molecule has 3 nitrogen and oxygen atoms in total. The van der Waals surface area contributed by atoms with Crippen LogP contribution in [0.2, 0.25) is 0 Å². The van der Waals surface area contributed by atoms with Gasteiger partial charge in [-0.15, -0.1) is 0 Å². The van der Waals surface area contributed by atoms with Crippen molar-refractivity contribution in [3.8, 4) is 0 Å². The highest BCUT2D eigenvalue weighted by atomic mass is 15.2. The maximum absolute atomic E-state index is 5.99. The van der Waals surface area contributed by atoms with E-state index in [0.29, 0.717) is 6.04 Å². The van der Waals surface area contributed by atoms with Gasteiger partial charge in [0.1, 0.15) is 0 Å². The van der Waals surface area contributed by atoms with Gasteiger partial charge in [-0.25, -0.2) is 0 Å². The average Bonchev–Trinajstić information content (AvgIpc) is 2.54. The molecule has 0 bridgehead atoms. The maximum atomic E-state index is 5.99. The van der Waals surface area contributed by atoms with Gasteiger partial charge < -0.3 is 15.5 Å². The fourth-order valence-electron chi connectivity index (χ4n) is 3.44. The van der Waals surface area contributed by atoms with Gasteiger partial charge in [-0.3, -0.25) is 0 Å². The number of hydrogen-bond acceptors (Lipinski definition) is 3. The second-order valence-corrected chi connectivity index (χ2v) is 6.12. The fraction of sp³-hybridized carbons (Fsp3) is 1.00. The summed E-state index contributed by atoms with van der Waals surface area (Å²) in [5.74, 6) is 0. The predicted molar refractivity (Wildman–Crippen MR) is 73.1 cm³/mol. The summed E-state index contributed by atoms with van der Waals surface area (Å²) >= 11 is 0. The first-order chi connectivity index (χ1) is 8.16. The molecule has 1 aliphatic carbocycles. The van der Waals surface area contributed by atoms with Crippen LogP contribution in [-0.4, -0.2) is 55.1 Å². The molecule has 2 rings (SSSR count). The average molecular weight is 239 g/mol. The van der Waals surface area contributed by atoms with Gasteiger partial charge in [0.2, 0.25) is 0 Å². The Morgan fingerprint density at radius 2 is 1.59 bits per heavy atom. The predicted octanol–water partition coefficient (Wildman–Crippen LogP) is 1.67. The lowest BCUT2D eigenvalue weighted by atomic mass is 9.89. The van der Waals surface area contributed by atoms with Gasteiger partial charge in [0.15, 0.2) is 0 Å². The van der Waals surface area contributed by atoms with E-state index in [-0.39, 0.29) is 0 Å². The van der Waals surface area contributed by atoms with Crippen LogP contribution in [0, 0.1) is 0 Å². The van der Waals surface area contributed by atoms with Gasteiger partial charge in [-0.2, -0.15) is 0 Å². The molecule has 2 fully saturated rings. The van der Waals surface area contributed by atoms with E-state index in [4.69, 9.17) is 5.73 Å². The van der Waals surface area contributed by atoms with E-state index < -0.39 is 0 Å². The quantitative estimate of drug-likeness (QED) is 0.795. The molecule has 1 aliphatic heterocycles. The first-order valence-electron chi connectivity index (χ1n) is 7.33. The molecule has 0 amide bonds. The molecular weight excluding hydrogens is 210 g/mol. The Bertz CT molecular complexity index is 224. The number of likely N-dealkylation sites (tertiary alicyclic amines) is 1. The van der Waals surface area contributed by atoms with Crippen molar-refractivity contribution in [1.29, 1.82) is 0 Å². The van der Waals surface area contributed by atoms with Gasteiger partial charge in [-0.1, -0.05) is 0 Å². The van der Waals surface area contributed by atoms with Crippen molar-refractivity contribution in [3.05, 3.63) is 0 Å². The Morgan fingerprint density at radius 3 is 2.29 bits per heavy atom. The van der Waals surface area contributed by atoms with Crippen LogP contribution in [0.25, 0.3) is 0 Å². The molecule has 1 saturated heterocycles. The van der Waals surface area contributed by atoms with Crippen molar-refractivity contribution in [3.63, 3.8) is 0 Å². The molecule has 0 spiro atoms. The zero-order valence-electron chi connectivity index (χ0n) is 11.6. The van der Waals surface area contributed by atoms with E-state index in [2.05, 4.69) is 23.9 Å². The molecule has 1 atom stereocenters. The lowest BCUT2D eigenvalue weighted by molar-refractivity contribution is 0.121. The van der Waals surface area contributed by atoms with Gasteiger partial charge >= 0.3 is 0 Å². The Labute approximate surface area is 106 Å². The Kier molecular flexibility index (Phi) is 4.83. The minimum atomic E-state index is 0.472. The van der Waals surface area contributed by atoms with Crippen molar-refractivity contribution in [1.82, 2.24) is 9.80 Å². The zero-order chi connectivity index (χ0) is 12.3. The van der Waals surface area contributed by atoms with Crippen LogP contribution in [0.3, 0.4) is 0 Å². The van der Waals surface area contributed by atoms with Crippen molar-refractivity contribution in [2.45, 2.75) is 63.1 Å². The summed E-state index contributed by atoms with van der Waals surface area (Å²) in [6.07, 6.45) is 9.15. The van der Waals surface area contributed by atoms with Gasteiger partial charge in [0, 0.05) is 18.1 Å². The van der Waals surface area contributed by atoms with Gasteiger partial charge in [0.25, 0.3) is 0 Å². The highest BCUT2D eigenvalue weighted by molar-refractivity contribution is 4.84. The molecule has 100 valence electrons. The number of rotatable bonds is 2. The van der Waals surface area contributed by atoms with Crippen LogP contribution in [0.5, 0.6) is 0 Å². The third-order valence-corrected chi connectivity index (χ3v) is 4.81. The third-order valence-electron chi connectivity index (χ3n) is 4.81. The summed E-state index contributed by atoms with van der Waals surface area (Å²) in [4.78, 5) is 5.15. The Hall–Kier alpha value is -0.120. The van der Waals surface area contributed by atoms with Gasteiger partial charge in [-0.05, 0) is 72.1 Å². The van der Waals surface area contributed by atoms with Crippen LogP contribution in [-0.2, 0) is 0 Å². The third kappa shape index (κ3) is 3.67. The second-order valence-electron chi connectivity index (χ2n) is 6.12. The molecule has 0 aromatic carbocycles. The zero-order valence-corrected chi connectivity index (χ0v) is 11.6. The highest BCUT2D eigenvalue weighted by Crippen LogP contribution is 2.25. The minimum Gasteiger partial charge on any atom is -0.328 e. The molecule has 3 heteroatoms. The largest absolute Gasteiger partial charge is 0.328 e. The Morgan fingerprint density at radius 1 is 0.941 bits per heavy atom. The fourth-order valence-corrected chi connectivity index (χ4v) is 3.44. The smallest absolute Gasteiger partial charge is 0.0108 e. The van der Waals surface area contributed by atoms with Gasteiger partial charge in [0.05, 0.1) is 0 Å². The van der Waals surface area contributed by atoms with Crippen LogP contribution in [0.15, 0.2) is 0 Å². The lowest BCUT2D eigenvalue weighted by Gasteiger charge is -2.38. The molecule has 0 aromatic rings. The topological polar surface area (TPSA) is 32.5 Å². The summed E-state index contributed by atoms with van der Waals surface area (Å²) in [5.41, 5.74) is 5.99. The van der Waals surface area contributed by atoms with E-state index >= 15 is 0 Å².